The molecule has 31 heavy (non-hydrogen) atoms. The second kappa shape index (κ2) is 9.64. The summed E-state index contributed by atoms with van der Waals surface area (Å²) < 4.78 is 17.9. The SMILES string of the molecule is O=C(COC(=O)C(O)(c1ccccc1)c1ccccc1)NNC(=O)c1ccc(F)cc1. The van der Waals surface area contributed by atoms with E-state index in [0.29, 0.717) is 0 Å². The maximum absolute atomic E-state index is 12.9. The zero-order chi connectivity index (χ0) is 22.3. The van der Waals surface area contributed by atoms with Crippen molar-refractivity contribution in [1.29, 1.82) is 0 Å². The number of hydrazine groups is 1. The number of esters is 1. The first-order valence-electron chi connectivity index (χ1n) is 9.26. The Labute approximate surface area is 177 Å². The van der Waals surface area contributed by atoms with Crippen molar-refractivity contribution in [3.05, 3.63) is 107 Å². The maximum Gasteiger partial charge on any atom is 0.348 e. The molecule has 0 saturated carbocycles. The van der Waals surface area contributed by atoms with E-state index in [0.717, 1.165) is 12.1 Å². The number of carbonyl (C=O) groups excluding carboxylic acids is 3. The topological polar surface area (TPSA) is 105 Å². The summed E-state index contributed by atoms with van der Waals surface area (Å²) in [6, 6.07) is 21.1. The van der Waals surface area contributed by atoms with E-state index in [2.05, 4.69) is 10.9 Å². The van der Waals surface area contributed by atoms with E-state index in [1.807, 2.05) is 0 Å². The lowest BCUT2D eigenvalue weighted by Crippen LogP contribution is -2.45. The summed E-state index contributed by atoms with van der Waals surface area (Å²) in [4.78, 5) is 36.7. The van der Waals surface area contributed by atoms with Crippen molar-refractivity contribution in [3.63, 3.8) is 0 Å². The highest BCUT2D eigenvalue weighted by molar-refractivity contribution is 5.95. The van der Waals surface area contributed by atoms with Gasteiger partial charge < -0.3 is 9.84 Å². The minimum absolute atomic E-state index is 0.126. The second-order valence-corrected chi connectivity index (χ2v) is 6.53. The van der Waals surface area contributed by atoms with Crippen molar-refractivity contribution in [2.24, 2.45) is 0 Å². The lowest BCUT2D eigenvalue weighted by Gasteiger charge is -2.26. The number of ether oxygens (including phenoxy) is 1. The first-order chi connectivity index (χ1) is 14.9. The highest BCUT2D eigenvalue weighted by Crippen LogP contribution is 2.30. The van der Waals surface area contributed by atoms with E-state index in [9.17, 15) is 23.9 Å². The summed E-state index contributed by atoms with van der Waals surface area (Å²) in [6.07, 6.45) is 0. The van der Waals surface area contributed by atoms with Crippen LogP contribution in [0.25, 0.3) is 0 Å². The zero-order valence-corrected chi connectivity index (χ0v) is 16.2. The van der Waals surface area contributed by atoms with Gasteiger partial charge in [0.25, 0.3) is 11.8 Å². The van der Waals surface area contributed by atoms with E-state index in [1.54, 1.807) is 60.7 Å². The minimum atomic E-state index is -2.12. The molecule has 0 aliphatic heterocycles. The number of benzene rings is 3. The number of nitrogens with one attached hydrogen (secondary N) is 2. The van der Waals surface area contributed by atoms with Gasteiger partial charge >= 0.3 is 5.97 Å². The molecular formula is C23H19FN2O5. The molecule has 3 rings (SSSR count). The maximum atomic E-state index is 12.9. The predicted octanol–water partition coefficient (Wildman–Crippen LogP) is 2.07. The first-order valence-corrected chi connectivity index (χ1v) is 9.26. The van der Waals surface area contributed by atoms with Crippen LogP contribution in [0.2, 0.25) is 0 Å². The molecule has 0 aliphatic carbocycles. The molecule has 7 nitrogen and oxygen atoms in total. The van der Waals surface area contributed by atoms with Gasteiger partial charge in [0.2, 0.25) is 5.60 Å². The summed E-state index contributed by atoms with van der Waals surface area (Å²) in [5.74, 6) is -3.06. The largest absolute Gasteiger partial charge is 0.453 e. The normalized spacial score (nSPS) is 10.8. The Morgan fingerprint density at radius 3 is 1.84 bits per heavy atom. The smallest absolute Gasteiger partial charge is 0.348 e. The molecule has 8 heteroatoms. The van der Waals surface area contributed by atoms with Gasteiger partial charge in [-0.2, -0.15) is 0 Å². The number of halogens is 1. The molecule has 3 aromatic carbocycles. The molecule has 0 saturated heterocycles. The van der Waals surface area contributed by atoms with E-state index in [4.69, 9.17) is 4.74 Å². The Hall–Kier alpha value is -4.04. The van der Waals surface area contributed by atoms with Crippen LogP contribution < -0.4 is 10.9 Å². The van der Waals surface area contributed by atoms with Crippen LogP contribution in [0.3, 0.4) is 0 Å². The average Bonchev–Trinajstić information content (AvgIpc) is 2.82. The van der Waals surface area contributed by atoms with Crippen molar-refractivity contribution >= 4 is 17.8 Å². The molecule has 2 amide bonds. The molecule has 3 aromatic rings. The minimum Gasteiger partial charge on any atom is -0.453 e. The number of hydrogen-bond donors (Lipinski definition) is 3. The lowest BCUT2D eigenvalue weighted by atomic mass is 9.86. The van der Waals surface area contributed by atoms with Crippen LogP contribution in [0, 0.1) is 5.82 Å². The van der Waals surface area contributed by atoms with Crippen molar-refractivity contribution in [2.75, 3.05) is 6.61 Å². The molecule has 0 bridgehead atoms. The van der Waals surface area contributed by atoms with Gasteiger partial charge in [-0.15, -0.1) is 0 Å². The van der Waals surface area contributed by atoms with E-state index in [1.165, 1.54) is 12.1 Å². The quantitative estimate of drug-likeness (QED) is 0.417. The number of aliphatic hydroxyl groups is 1. The fourth-order valence-corrected chi connectivity index (χ4v) is 2.83. The molecule has 0 aromatic heterocycles. The van der Waals surface area contributed by atoms with Gasteiger partial charge in [0.15, 0.2) is 6.61 Å². The van der Waals surface area contributed by atoms with Crippen LogP contribution in [0.1, 0.15) is 21.5 Å². The molecular weight excluding hydrogens is 403 g/mol. The Morgan fingerprint density at radius 1 is 0.806 bits per heavy atom. The van der Waals surface area contributed by atoms with Crippen LogP contribution in [0.5, 0.6) is 0 Å². The van der Waals surface area contributed by atoms with Crippen LogP contribution >= 0.6 is 0 Å². The third kappa shape index (κ3) is 5.12. The van der Waals surface area contributed by atoms with Crippen molar-refractivity contribution < 1.29 is 28.6 Å². The molecule has 0 unspecified atom stereocenters. The number of amides is 2. The van der Waals surface area contributed by atoms with Crippen LogP contribution in [-0.2, 0) is 19.9 Å². The second-order valence-electron chi connectivity index (χ2n) is 6.53. The van der Waals surface area contributed by atoms with Crippen molar-refractivity contribution in [1.82, 2.24) is 10.9 Å². The summed E-state index contributed by atoms with van der Waals surface area (Å²) in [5.41, 5.74) is 2.77. The Balaban J connectivity index is 1.64. The van der Waals surface area contributed by atoms with Gasteiger partial charge in [0.05, 0.1) is 0 Å². The van der Waals surface area contributed by atoms with Crippen LogP contribution in [0.4, 0.5) is 4.39 Å². The first kappa shape index (κ1) is 21.7. The molecule has 158 valence electrons. The molecule has 0 atom stereocenters. The van der Waals surface area contributed by atoms with Gasteiger partial charge in [-0.05, 0) is 35.4 Å². The van der Waals surface area contributed by atoms with Gasteiger partial charge in [-0.1, -0.05) is 60.7 Å². The lowest BCUT2D eigenvalue weighted by molar-refractivity contribution is -0.164. The molecule has 0 radical (unpaired) electrons. The Morgan fingerprint density at radius 2 is 1.32 bits per heavy atom. The summed E-state index contributed by atoms with van der Waals surface area (Å²) in [6.45, 7) is -0.746. The molecule has 0 fully saturated rings. The van der Waals surface area contributed by atoms with E-state index in [-0.39, 0.29) is 16.7 Å². The molecule has 3 N–H and O–H groups in total. The van der Waals surface area contributed by atoms with Gasteiger partial charge in [-0.3, -0.25) is 20.4 Å². The number of rotatable bonds is 6. The third-order valence-electron chi connectivity index (χ3n) is 4.43. The molecule has 0 aliphatic rings. The van der Waals surface area contributed by atoms with Crippen molar-refractivity contribution in [3.8, 4) is 0 Å². The van der Waals surface area contributed by atoms with Crippen LogP contribution in [-0.4, -0.2) is 29.5 Å². The summed E-state index contributed by atoms with van der Waals surface area (Å²) in [5, 5.41) is 11.2. The molecule has 0 heterocycles. The van der Waals surface area contributed by atoms with Gasteiger partial charge in [0, 0.05) is 5.56 Å². The number of carbonyl (C=O) groups is 3. The average molecular weight is 422 g/mol. The summed E-state index contributed by atoms with van der Waals surface area (Å²) >= 11 is 0. The van der Waals surface area contributed by atoms with Crippen LogP contribution in [0.15, 0.2) is 84.9 Å². The number of hydrogen-bond acceptors (Lipinski definition) is 5. The highest BCUT2D eigenvalue weighted by Gasteiger charge is 2.41. The van der Waals surface area contributed by atoms with E-state index < -0.39 is 35.8 Å². The third-order valence-corrected chi connectivity index (χ3v) is 4.43. The monoisotopic (exact) mass is 422 g/mol. The molecule has 0 spiro atoms. The van der Waals surface area contributed by atoms with Gasteiger partial charge in [0.1, 0.15) is 5.82 Å². The van der Waals surface area contributed by atoms with E-state index >= 15 is 0 Å². The Bertz CT molecular complexity index is 1020. The highest BCUT2D eigenvalue weighted by atomic mass is 19.1. The van der Waals surface area contributed by atoms with Crippen molar-refractivity contribution in [2.45, 2.75) is 5.60 Å². The van der Waals surface area contributed by atoms with Gasteiger partial charge in [-0.25, -0.2) is 9.18 Å². The fourth-order valence-electron chi connectivity index (χ4n) is 2.83. The zero-order valence-electron chi connectivity index (χ0n) is 16.2. The predicted molar refractivity (Wildman–Crippen MR) is 109 cm³/mol. The standard InChI is InChI=1S/C23H19FN2O5/c24-19-13-11-16(12-14-19)21(28)26-25-20(27)15-31-22(29)23(30,17-7-3-1-4-8-17)18-9-5-2-6-10-18/h1-14,30H,15H2,(H,25,27)(H,26,28). The Kier molecular flexibility index (Phi) is 6.74. The fraction of sp³-hybridized carbons (Fsp3) is 0.0870. The summed E-state index contributed by atoms with van der Waals surface area (Å²) in [7, 11) is 0.